The molecule has 43 heavy (non-hydrogen) atoms. The summed E-state index contributed by atoms with van der Waals surface area (Å²) in [6.07, 6.45) is 0.172. The summed E-state index contributed by atoms with van der Waals surface area (Å²) < 4.78 is 29.5. The number of sulfonamides is 1. The molecule has 12 heteroatoms. The summed E-state index contributed by atoms with van der Waals surface area (Å²) in [5.41, 5.74) is 1.12. The summed E-state index contributed by atoms with van der Waals surface area (Å²) in [4.78, 5) is 39.7. The zero-order valence-corrected chi connectivity index (χ0v) is 25.6. The maximum Gasteiger partial charge on any atom is 0.271 e. The summed E-state index contributed by atoms with van der Waals surface area (Å²) in [6, 6.07) is 28.0. The molecule has 2 amide bonds. The molecule has 0 fully saturated rings. The van der Waals surface area contributed by atoms with Crippen LogP contribution in [0.15, 0.2) is 119 Å². The maximum absolute atomic E-state index is 14.2. The normalized spacial score (nSPS) is 11.8. The molecule has 0 aromatic heterocycles. The summed E-state index contributed by atoms with van der Waals surface area (Å²) in [7, 11) is -2.89. The van der Waals surface area contributed by atoms with Crippen molar-refractivity contribution in [2.24, 2.45) is 0 Å². The van der Waals surface area contributed by atoms with Gasteiger partial charge in [0.05, 0.1) is 15.5 Å². The van der Waals surface area contributed by atoms with E-state index in [0.29, 0.717) is 5.56 Å². The molecular formula is C31H29BrN4O6S. The zero-order valence-electron chi connectivity index (χ0n) is 23.2. The molecule has 10 nitrogen and oxygen atoms in total. The highest BCUT2D eigenvalue weighted by Crippen LogP contribution is 2.28. The molecule has 0 aliphatic carbocycles. The van der Waals surface area contributed by atoms with Gasteiger partial charge in [-0.25, -0.2) is 8.42 Å². The topological polar surface area (TPSA) is 130 Å². The van der Waals surface area contributed by atoms with E-state index >= 15 is 0 Å². The van der Waals surface area contributed by atoms with Gasteiger partial charge in [-0.2, -0.15) is 0 Å². The van der Waals surface area contributed by atoms with Crippen LogP contribution in [0.25, 0.3) is 0 Å². The predicted octanol–water partition coefficient (Wildman–Crippen LogP) is 4.94. The van der Waals surface area contributed by atoms with Crippen LogP contribution in [0.1, 0.15) is 11.1 Å². The lowest BCUT2D eigenvalue weighted by Crippen LogP contribution is -2.53. The first kappa shape index (κ1) is 31.4. The largest absolute Gasteiger partial charge is 0.357 e. The highest BCUT2D eigenvalue weighted by Gasteiger charge is 2.34. The number of carbonyl (C=O) groups is 2. The quantitative estimate of drug-likeness (QED) is 0.169. The molecule has 0 radical (unpaired) electrons. The van der Waals surface area contributed by atoms with Gasteiger partial charge in [-0.1, -0.05) is 82.7 Å². The Kier molecular flexibility index (Phi) is 10.3. The summed E-state index contributed by atoms with van der Waals surface area (Å²) in [6.45, 7) is -0.706. The molecule has 0 saturated heterocycles. The van der Waals surface area contributed by atoms with Gasteiger partial charge in [0.25, 0.3) is 15.7 Å². The lowest BCUT2D eigenvalue weighted by molar-refractivity contribution is -0.384. The Balaban J connectivity index is 1.80. The number of amides is 2. The number of hydrogen-bond acceptors (Lipinski definition) is 6. The third-order valence-electron chi connectivity index (χ3n) is 6.72. The van der Waals surface area contributed by atoms with Crippen molar-refractivity contribution in [2.75, 3.05) is 17.9 Å². The summed E-state index contributed by atoms with van der Waals surface area (Å²) >= 11 is 3.40. The second-order valence-corrected chi connectivity index (χ2v) is 12.3. The van der Waals surface area contributed by atoms with Gasteiger partial charge in [-0.15, -0.1) is 0 Å². The predicted molar refractivity (Wildman–Crippen MR) is 167 cm³/mol. The van der Waals surface area contributed by atoms with Crippen molar-refractivity contribution in [3.63, 3.8) is 0 Å². The van der Waals surface area contributed by atoms with E-state index in [-0.39, 0.29) is 29.2 Å². The maximum atomic E-state index is 14.2. The fourth-order valence-electron chi connectivity index (χ4n) is 4.52. The molecule has 4 aromatic rings. The Labute approximate surface area is 258 Å². The molecule has 0 saturated carbocycles. The van der Waals surface area contributed by atoms with Gasteiger partial charge in [-0.05, 0) is 41.5 Å². The van der Waals surface area contributed by atoms with Crippen LogP contribution < -0.4 is 9.62 Å². The minimum atomic E-state index is -4.36. The number of carbonyl (C=O) groups excluding carboxylic acids is 2. The number of halogens is 1. The molecule has 1 atom stereocenters. The van der Waals surface area contributed by atoms with Crippen molar-refractivity contribution in [3.8, 4) is 0 Å². The van der Waals surface area contributed by atoms with Crippen LogP contribution in [0.2, 0.25) is 0 Å². The van der Waals surface area contributed by atoms with Gasteiger partial charge in [0.1, 0.15) is 12.6 Å². The SMILES string of the molecule is CNC(=O)[C@H](Cc1ccccc1)N(Cc1ccc(Br)cc1)C(=O)CN(c1cccc([N+](=O)[O-])c1)S(=O)(=O)c1ccccc1. The number of rotatable bonds is 12. The smallest absolute Gasteiger partial charge is 0.271 e. The molecule has 0 bridgehead atoms. The highest BCUT2D eigenvalue weighted by molar-refractivity contribution is 9.10. The number of likely N-dealkylation sites (N-methyl/N-ethyl adjacent to an activating group) is 1. The van der Waals surface area contributed by atoms with Crippen LogP contribution in [-0.4, -0.2) is 49.7 Å². The first-order valence-corrected chi connectivity index (χ1v) is 15.4. The molecule has 0 heterocycles. The summed E-state index contributed by atoms with van der Waals surface area (Å²) in [5.74, 6) is -1.10. The second-order valence-electron chi connectivity index (χ2n) is 9.57. The third-order valence-corrected chi connectivity index (χ3v) is 9.04. The Morgan fingerprint density at radius 1 is 0.884 bits per heavy atom. The van der Waals surface area contributed by atoms with Crippen molar-refractivity contribution < 1.29 is 22.9 Å². The van der Waals surface area contributed by atoms with Gasteiger partial charge >= 0.3 is 0 Å². The molecule has 222 valence electrons. The molecule has 1 N–H and O–H groups in total. The van der Waals surface area contributed by atoms with E-state index in [9.17, 15) is 28.1 Å². The van der Waals surface area contributed by atoms with Crippen molar-refractivity contribution in [3.05, 3.63) is 135 Å². The van der Waals surface area contributed by atoms with E-state index in [0.717, 1.165) is 20.4 Å². The van der Waals surface area contributed by atoms with Crippen LogP contribution in [0.3, 0.4) is 0 Å². The lowest BCUT2D eigenvalue weighted by atomic mass is 10.0. The van der Waals surface area contributed by atoms with Gasteiger partial charge in [0.15, 0.2) is 0 Å². The van der Waals surface area contributed by atoms with Crippen molar-refractivity contribution in [1.82, 2.24) is 10.2 Å². The lowest BCUT2D eigenvalue weighted by Gasteiger charge is -2.33. The van der Waals surface area contributed by atoms with E-state index in [4.69, 9.17) is 0 Å². The van der Waals surface area contributed by atoms with Gasteiger partial charge in [0, 0.05) is 36.6 Å². The average molecular weight is 666 g/mol. The van der Waals surface area contributed by atoms with Gasteiger partial charge in [0.2, 0.25) is 11.8 Å². The number of anilines is 1. The number of nitrogens with one attached hydrogen (secondary N) is 1. The molecule has 4 rings (SSSR count). The second kappa shape index (κ2) is 14.1. The molecular weight excluding hydrogens is 636 g/mol. The minimum Gasteiger partial charge on any atom is -0.357 e. The standard InChI is InChI=1S/C31H29BrN4O6S/c1-33-31(38)29(19-23-9-4-2-5-10-23)34(21-24-15-17-25(32)18-16-24)30(37)22-35(26-11-8-12-27(20-26)36(39)40)43(41,42)28-13-6-3-7-14-28/h2-18,20,29H,19,21-22H2,1H3,(H,33,38)/t29-/m0/s1. The van der Waals surface area contributed by atoms with E-state index in [1.165, 1.54) is 42.3 Å². The van der Waals surface area contributed by atoms with Gasteiger partial charge < -0.3 is 10.2 Å². The van der Waals surface area contributed by atoms with Crippen LogP contribution in [-0.2, 0) is 32.6 Å². The van der Waals surface area contributed by atoms with Crippen molar-refractivity contribution in [2.45, 2.75) is 23.9 Å². The van der Waals surface area contributed by atoms with Crippen molar-refractivity contribution in [1.29, 1.82) is 0 Å². The fraction of sp³-hybridized carbons (Fsp3) is 0.161. The average Bonchev–Trinajstić information content (AvgIpc) is 3.02. The van der Waals surface area contributed by atoms with E-state index in [2.05, 4.69) is 21.2 Å². The zero-order chi connectivity index (χ0) is 31.0. The van der Waals surface area contributed by atoms with Crippen LogP contribution in [0, 0.1) is 10.1 Å². The number of nitrogens with zero attached hydrogens (tertiary/aromatic N) is 3. The van der Waals surface area contributed by atoms with Gasteiger partial charge in [-0.3, -0.25) is 24.0 Å². The van der Waals surface area contributed by atoms with Crippen LogP contribution in [0.4, 0.5) is 11.4 Å². The number of hydrogen-bond donors (Lipinski definition) is 1. The van der Waals surface area contributed by atoms with E-state index in [1.54, 1.807) is 42.5 Å². The molecule has 4 aromatic carbocycles. The molecule has 0 aliphatic heterocycles. The number of nitro groups is 1. The number of benzene rings is 4. The number of nitro benzene ring substituents is 1. The molecule has 0 unspecified atom stereocenters. The summed E-state index contributed by atoms with van der Waals surface area (Å²) in [5, 5.41) is 14.2. The van der Waals surface area contributed by atoms with Crippen LogP contribution in [0.5, 0.6) is 0 Å². The Bertz CT molecular complexity index is 1690. The highest BCUT2D eigenvalue weighted by atomic mass is 79.9. The first-order valence-electron chi connectivity index (χ1n) is 13.2. The van der Waals surface area contributed by atoms with E-state index < -0.39 is 39.3 Å². The van der Waals surface area contributed by atoms with Crippen LogP contribution >= 0.6 is 15.9 Å². The van der Waals surface area contributed by atoms with E-state index in [1.807, 2.05) is 30.3 Å². The monoisotopic (exact) mass is 664 g/mol. The fourth-order valence-corrected chi connectivity index (χ4v) is 6.21. The minimum absolute atomic E-state index is 0.00515. The Morgan fingerprint density at radius 2 is 1.51 bits per heavy atom. The third kappa shape index (κ3) is 7.85. The molecule has 0 aliphatic rings. The Hall–Kier alpha value is -4.55. The Morgan fingerprint density at radius 3 is 2.12 bits per heavy atom. The molecule has 0 spiro atoms. The number of non-ortho nitro benzene ring substituents is 1. The van der Waals surface area contributed by atoms with Crippen molar-refractivity contribution >= 4 is 49.1 Å². The first-order chi connectivity index (χ1) is 20.6.